The van der Waals surface area contributed by atoms with Gasteiger partial charge >= 0.3 is 7.12 Å². The van der Waals surface area contributed by atoms with Gasteiger partial charge in [0.25, 0.3) is 0 Å². The number of hydrogen-bond donors (Lipinski definition) is 2. The minimum Gasteiger partial charge on any atom is -0.425 e. The van der Waals surface area contributed by atoms with Crippen molar-refractivity contribution in [1.29, 1.82) is 0 Å². The average molecular weight is 162 g/mol. The molecule has 0 saturated carbocycles. The Morgan fingerprint density at radius 3 is 2.73 bits per heavy atom. The van der Waals surface area contributed by atoms with Crippen LogP contribution in [0.25, 0.3) is 0 Å². The normalized spacial score (nSPS) is 10.1. The minimum atomic E-state index is -0.860. The van der Waals surface area contributed by atoms with Gasteiger partial charge < -0.3 is 10.1 Å². The van der Waals surface area contributed by atoms with Gasteiger partial charge in [-0.05, 0) is 6.32 Å². The van der Waals surface area contributed by atoms with Crippen LogP contribution in [0.15, 0.2) is 0 Å². The zero-order valence-electron chi connectivity index (χ0n) is 6.82. The molecule has 0 rings (SSSR count). The highest BCUT2D eigenvalue weighted by molar-refractivity contribution is 6.42. The van der Waals surface area contributed by atoms with Crippen molar-refractivity contribution < 1.29 is 19.8 Å². The van der Waals surface area contributed by atoms with Crippen LogP contribution in [-0.4, -0.2) is 30.5 Å². The number of aliphatic hydroxyl groups excluding tert-OH is 1. The fourth-order valence-electron chi connectivity index (χ4n) is 0.591. The molecule has 0 aliphatic rings. The fraction of sp³-hybridized carbons (Fsp3) is 1.00. The summed E-state index contributed by atoms with van der Waals surface area (Å²) in [6.07, 6.45) is 2.49. The molecule has 0 spiro atoms. The van der Waals surface area contributed by atoms with Crippen molar-refractivity contribution in [3.63, 3.8) is 0 Å². The first-order valence-corrected chi connectivity index (χ1v) is 3.88. The molecular formula is C6H15BO4. The number of unbranched alkanes of at least 4 members (excludes halogenated alkanes) is 1. The van der Waals surface area contributed by atoms with Crippen LogP contribution in [0.4, 0.5) is 0 Å². The number of rotatable bonds is 7. The molecule has 0 amide bonds. The standard InChI is InChI=1S/C6H15BO4/c1-2-3-4-7(9)11-10-6-5-8/h8-9H,2-6H2,1H3. The topological polar surface area (TPSA) is 58.9 Å². The number of aliphatic hydroxyl groups is 1. The summed E-state index contributed by atoms with van der Waals surface area (Å²) in [6, 6.07) is 0. The first-order chi connectivity index (χ1) is 5.31. The van der Waals surface area contributed by atoms with Crippen LogP contribution in [-0.2, 0) is 9.69 Å². The van der Waals surface area contributed by atoms with E-state index in [1.54, 1.807) is 0 Å². The van der Waals surface area contributed by atoms with Gasteiger partial charge in [0.05, 0.1) is 6.61 Å². The molecule has 0 aliphatic heterocycles. The van der Waals surface area contributed by atoms with Crippen molar-refractivity contribution in [2.45, 2.75) is 26.1 Å². The Morgan fingerprint density at radius 1 is 1.45 bits per heavy atom. The van der Waals surface area contributed by atoms with Gasteiger partial charge in [-0.25, -0.2) is 4.89 Å². The Bertz CT molecular complexity index is 81.0. The molecular weight excluding hydrogens is 147 g/mol. The van der Waals surface area contributed by atoms with Crippen molar-refractivity contribution in [2.75, 3.05) is 13.2 Å². The quantitative estimate of drug-likeness (QED) is 0.243. The molecule has 11 heavy (non-hydrogen) atoms. The molecule has 0 bridgehead atoms. The predicted octanol–water partition coefficient (Wildman–Crippen LogP) is 0.208. The van der Waals surface area contributed by atoms with Crippen LogP contribution in [0.1, 0.15) is 19.8 Å². The lowest BCUT2D eigenvalue weighted by Gasteiger charge is -2.04. The highest BCUT2D eigenvalue weighted by Gasteiger charge is 2.12. The van der Waals surface area contributed by atoms with E-state index in [-0.39, 0.29) is 13.2 Å². The van der Waals surface area contributed by atoms with E-state index >= 15 is 0 Å². The Kier molecular flexibility index (Phi) is 7.94. The zero-order valence-corrected chi connectivity index (χ0v) is 6.82. The Labute approximate surface area is 67.2 Å². The van der Waals surface area contributed by atoms with Gasteiger partial charge in [-0.1, -0.05) is 19.8 Å². The number of hydrogen-bond acceptors (Lipinski definition) is 4. The molecule has 0 aromatic rings. The van der Waals surface area contributed by atoms with Gasteiger partial charge in [0.15, 0.2) is 0 Å². The first-order valence-electron chi connectivity index (χ1n) is 3.88. The third-order valence-electron chi connectivity index (χ3n) is 1.16. The zero-order chi connectivity index (χ0) is 8.53. The predicted molar refractivity (Wildman–Crippen MR) is 41.8 cm³/mol. The Hall–Kier alpha value is -0.0951. The largest absolute Gasteiger partial charge is 0.487 e. The molecule has 0 heterocycles. The summed E-state index contributed by atoms with van der Waals surface area (Å²) in [6.45, 7) is 2.03. The average Bonchev–Trinajstić information content (AvgIpc) is 2.01. The van der Waals surface area contributed by atoms with Gasteiger partial charge in [-0.3, -0.25) is 4.81 Å². The maximum atomic E-state index is 8.98. The summed E-state index contributed by atoms with van der Waals surface area (Å²) >= 11 is 0. The molecule has 0 atom stereocenters. The lowest BCUT2D eigenvalue weighted by atomic mass is 9.84. The molecule has 0 fully saturated rings. The molecule has 0 aliphatic carbocycles. The van der Waals surface area contributed by atoms with Crippen molar-refractivity contribution in [1.82, 2.24) is 0 Å². The molecule has 66 valence electrons. The second-order valence-electron chi connectivity index (χ2n) is 2.24. The molecule has 5 heteroatoms. The Morgan fingerprint density at radius 2 is 2.18 bits per heavy atom. The molecule has 0 aromatic carbocycles. The van der Waals surface area contributed by atoms with Crippen molar-refractivity contribution in [2.24, 2.45) is 0 Å². The van der Waals surface area contributed by atoms with E-state index in [0.717, 1.165) is 12.8 Å². The van der Waals surface area contributed by atoms with Crippen molar-refractivity contribution >= 4 is 7.12 Å². The van der Waals surface area contributed by atoms with Gasteiger partial charge in [-0.2, -0.15) is 0 Å². The molecule has 0 aromatic heterocycles. The van der Waals surface area contributed by atoms with E-state index in [2.05, 4.69) is 9.69 Å². The van der Waals surface area contributed by atoms with Gasteiger partial charge in [0.2, 0.25) is 0 Å². The lowest BCUT2D eigenvalue weighted by molar-refractivity contribution is -0.228. The van der Waals surface area contributed by atoms with Gasteiger partial charge in [0.1, 0.15) is 6.61 Å². The first kappa shape index (κ1) is 10.9. The van der Waals surface area contributed by atoms with Gasteiger partial charge in [-0.15, -0.1) is 0 Å². The van der Waals surface area contributed by atoms with E-state index in [1.165, 1.54) is 0 Å². The Balaban J connectivity index is 3.02. The summed E-state index contributed by atoms with van der Waals surface area (Å²) in [5.74, 6) is 0. The summed E-state index contributed by atoms with van der Waals surface area (Å²) in [4.78, 5) is 8.92. The van der Waals surface area contributed by atoms with E-state index in [0.29, 0.717) is 6.32 Å². The summed E-state index contributed by atoms with van der Waals surface area (Å²) in [5.41, 5.74) is 0. The molecule has 0 saturated heterocycles. The van der Waals surface area contributed by atoms with E-state index in [9.17, 15) is 0 Å². The maximum absolute atomic E-state index is 8.98. The maximum Gasteiger partial charge on any atom is 0.487 e. The second-order valence-corrected chi connectivity index (χ2v) is 2.24. The van der Waals surface area contributed by atoms with Crippen molar-refractivity contribution in [3.05, 3.63) is 0 Å². The summed E-state index contributed by atoms with van der Waals surface area (Å²) in [7, 11) is -0.860. The molecule has 4 nitrogen and oxygen atoms in total. The van der Waals surface area contributed by atoms with E-state index in [1.807, 2.05) is 6.92 Å². The monoisotopic (exact) mass is 162 g/mol. The fourth-order valence-corrected chi connectivity index (χ4v) is 0.591. The molecule has 0 unspecified atom stereocenters. The SMILES string of the molecule is CCCCB(O)OOCCO. The lowest BCUT2D eigenvalue weighted by Crippen LogP contribution is -2.18. The van der Waals surface area contributed by atoms with E-state index in [4.69, 9.17) is 10.1 Å². The van der Waals surface area contributed by atoms with Gasteiger partial charge in [0, 0.05) is 0 Å². The van der Waals surface area contributed by atoms with Crippen LogP contribution >= 0.6 is 0 Å². The van der Waals surface area contributed by atoms with Crippen LogP contribution in [0, 0.1) is 0 Å². The summed E-state index contributed by atoms with van der Waals surface area (Å²) in [5, 5.41) is 17.2. The third kappa shape index (κ3) is 7.81. The second kappa shape index (κ2) is 8.01. The third-order valence-corrected chi connectivity index (χ3v) is 1.16. The smallest absolute Gasteiger partial charge is 0.425 e. The van der Waals surface area contributed by atoms with Crippen molar-refractivity contribution in [3.8, 4) is 0 Å². The highest BCUT2D eigenvalue weighted by atomic mass is 17.2. The van der Waals surface area contributed by atoms with Crippen LogP contribution in [0.3, 0.4) is 0 Å². The minimum absolute atomic E-state index is 0.0967. The highest BCUT2D eigenvalue weighted by Crippen LogP contribution is 1.99. The molecule has 0 radical (unpaired) electrons. The van der Waals surface area contributed by atoms with Crippen LogP contribution in [0.5, 0.6) is 0 Å². The van der Waals surface area contributed by atoms with Crippen LogP contribution in [0.2, 0.25) is 6.32 Å². The summed E-state index contributed by atoms with van der Waals surface area (Å²) < 4.78 is 0. The molecule has 2 N–H and O–H groups in total. The van der Waals surface area contributed by atoms with E-state index < -0.39 is 7.12 Å². The van der Waals surface area contributed by atoms with Crippen LogP contribution < -0.4 is 0 Å².